The van der Waals surface area contributed by atoms with Crippen LogP contribution in [0.5, 0.6) is 17.2 Å². The molecule has 29 heavy (non-hydrogen) atoms. The third kappa shape index (κ3) is 4.45. The minimum absolute atomic E-state index is 0.0414. The first-order chi connectivity index (χ1) is 13.9. The molecule has 1 aromatic heterocycles. The quantitative estimate of drug-likeness (QED) is 0.451. The largest absolute Gasteiger partial charge is 0.462 e. The minimum Gasteiger partial charge on any atom is -0.462 e. The van der Waals surface area contributed by atoms with Gasteiger partial charge in [-0.15, -0.1) is 0 Å². The van der Waals surface area contributed by atoms with Gasteiger partial charge in [-0.25, -0.2) is 4.79 Å². The molecule has 0 radical (unpaired) electrons. The number of ether oxygens (including phenoxy) is 3. The molecule has 0 aliphatic carbocycles. The normalized spacial score (nSPS) is 10.6. The summed E-state index contributed by atoms with van der Waals surface area (Å²) >= 11 is 0. The van der Waals surface area contributed by atoms with Crippen molar-refractivity contribution in [3.8, 4) is 17.2 Å². The second-order valence-corrected chi connectivity index (χ2v) is 6.15. The predicted octanol–water partition coefficient (Wildman–Crippen LogP) is 4.39. The molecule has 7 heteroatoms. The summed E-state index contributed by atoms with van der Waals surface area (Å²) in [6.45, 7) is 5.31. The number of hydrogen-bond donors (Lipinski definition) is 0. The second-order valence-electron chi connectivity index (χ2n) is 6.15. The molecule has 0 atom stereocenters. The van der Waals surface area contributed by atoms with Gasteiger partial charge in [0.25, 0.3) is 0 Å². The van der Waals surface area contributed by atoms with Crippen LogP contribution >= 0.6 is 0 Å². The van der Waals surface area contributed by atoms with Crippen LogP contribution < -0.4 is 14.9 Å². The van der Waals surface area contributed by atoms with Gasteiger partial charge < -0.3 is 18.6 Å². The zero-order valence-corrected chi connectivity index (χ0v) is 16.3. The van der Waals surface area contributed by atoms with Gasteiger partial charge in [0.05, 0.1) is 17.6 Å². The zero-order valence-electron chi connectivity index (χ0n) is 16.3. The highest BCUT2D eigenvalue weighted by molar-refractivity contribution is 5.89. The molecule has 0 aliphatic rings. The van der Waals surface area contributed by atoms with Gasteiger partial charge in [-0.05, 0) is 50.2 Å². The minimum atomic E-state index is -0.431. The molecule has 0 aliphatic heterocycles. The first kappa shape index (κ1) is 20.1. The van der Waals surface area contributed by atoms with Gasteiger partial charge in [0, 0.05) is 12.5 Å². The van der Waals surface area contributed by atoms with Crippen molar-refractivity contribution >= 4 is 22.9 Å². The topological polar surface area (TPSA) is 92.0 Å². The van der Waals surface area contributed by atoms with E-state index in [1.54, 1.807) is 45.0 Å². The van der Waals surface area contributed by atoms with Crippen LogP contribution in [-0.2, 0) is 9.53 Å². The summed E-state index contributed by atoms with van der Waals surface area (Å²) in [5, 5.41) is 0.296. The summed E-state index contributed by atoms with van der Waals surface area (Å²) in [5.74, 6) is 0.182. The van der Waals surface area contributed by atoms with E-state index in [0.29, 0.717) is 28.0 Å². The molecule has 0 unspecified atom stereocenters. The van der Waals surface area contributed by atoms with Gasteiger partial charge in [-0.2, -0.15) is 0 Å². The molecule has 0 fully saturated rings. The maximum absolute atomic E-state index is 12.8. The van der Waals surface area contributed by atoms with Gasteiger partial charge in [-0.1, -0.05) is 6.92 Å². The number of aryl methyl sites for hydroxylation is 1. The molecule has 7 nitrogen and oxygen atoms in total. The number of esters is 2. The maximum Gasteiger partial charge on any atom is 0.338 e. The Morgan fingerprint density at radius 3 is 2.34 bits per heavy atom. The van der Waals surface area contributed by atoms with E-state index in [1.165, 1.54) is 18.2 Å². The summed E-state index contributed by atoms with van der Waals surface area (Å²) < 4.78 is 21.5. The standard InChI is InChI=1S/C22H20O7/c1-4-19(23)28-16-10-11-17-18(12-16)27-13(3)21(20(17)24)29-15-8-6-14(7-9-15)22(25)26-5-2/h6-12H,4-5H2,1-3H3. The van der Waals surface area contributed by atoms with E-state index in [4.69, 9.17) is 18.6 Å². The Morgan fingerprint density at radius 1 is 1.00 bits per heavy atom. The summed E-state index contributed by atoms with van der Waals surface area (Å²) in [4.78, 5) is 36.0. The summed E-state index contributed by atoms with van der Waals surface area (Å²) in [6.07, 6.45) is 0.239. The molecular formula is C22H20O7. The molecule has 0 saturated heterocycles. The highest BCUT2D eigenvalue weighted by Gasteiger charge is 2.16. The Balaban J connectivity index is 1.90. The zero-order chi connectivity index (χ0) is 21.0. The number of carbonyl (C=O) groups excluding carboxylic acids is 2. The van der Waals surface area contributed by atoms with Crippen LogP contribution in [0.3, 0.4) is 0 Å². The Labute approximate surface area is 166 Å². The molecule has 2 aromatic carbocycles. The van der Waals surface area contributed by atoms with Crippen molar-refractivity contribution < 1.29 is 28.2 Å². The van der Waals surface area contributed by atoms with Gasteiger partial charge in [0.2, 0.25) is 11.2 Å². The Kier molecular flexibility index (Phi) is 5.97. The molecular weight excluding hydrogens is 376 g/mol. The van der Waals surface area contributed by atoms with Crippen molar-refractivity contribution in [1.29, 1.82) is 0 Å². The SMILES string of the molecule is CCOC(=O)c1ccc(Oc2c(C)oc3cc(OC(=O)CC)ccc3c2=O)cc1. The van der Waals surface area contributed by atoms with Crippen molar-refractivity contribution in [3.63, 3.8) is 0 Å². The van der Waals surface area contributed by atoms with E-state index in [-0.39, 0.29) is 35.9 Å². The van der Waals surface area contributed by atoms with Crippen LogP contribution in [-0.4, -0.2) is 18.5 Å². The summed E-state index contributed by atoms with van der Waals surface area (Å²) in [7, 11) is 0. The van der Waals surface area contributed by atoms with E-state index in [2.05, 4.69) is 0 Å². The number of carbonyl (C=O) groups is 2. The van der Waals surface area contributed by atoms with Crippen LogP contribution in [0, 0.1) is 6.92 Å². The van der Waals surface area contributed by atoms with Crippen LogP contribution in [0.4, 0.5) is 0 Å². The van der Waals surface area contributed by atoms with Crippen LogP contribution in [0.25, 0.3) is 11.0 Å². The monoisotopic (exact) mass is 396 g/mol. The molecule has 0 amide bonds. The predicted molar refractivity (Wildman–Crippen MR) is 106 cm³/mol. The first-order valence-corrected chi connectivity index (χ1v) is 9.16. The Morgan fingerprint density at radius 2 is 1.69 bits per heavy atom. The molecule has 0 bridgehead atoms. The molecule has 150 valence electrons. The van der Waals surface area contributed by atoms with Crippen molar-refractivity contribution in [2.75, 3.05) is 6.61 Å². The molecule has 1 heterocycles. The number of benzene rings is 2. The number of fused-ring (bicyclic) bond motifs is 1. The van der Waals surface area contributed by atoms with Crippen LogP contribution in [0.2, 0.25) is 0 Å². The highest BCUT2D eigenvalue weighted by atomic mass is 16.5. The van der Waals surface area contributed by atoms with Crippen LogP contribution in [0.15, 0.2) is 51.7 Å². The fraction of sp³-hybridized carbons (Fsp3) is 0.227. The average Bonchev–Trinajstić information content (AvgIpc) is 2.71. The molecule has 0 spiro atoms. The van der Waals surface area contributed by atoms with Crippen molar-refractivity contribution in [1.82, 2.24) is 0 Å². The third-order valence-corrected chi connectivity index (χ3v) is 4.09. The highest BCUT2D eigenvalue weighted by Crippen LogP contribution is 2.27. The molecule has 0 N–H and O–H groups in total. The fourth-order valence-electron chi connectivity index (χ4n) is 2.64. The van der Waals surface area contributed by atoms with Crippen molar-refractivity contribution in [3.05, 3.63) is 64.0 Å². The van der Waals surface area contributed by atoms with Crippen molar-refractivity contribution in [2.24, 2.45) is 0 Å². The summed E-state index contributed by atoms with van der Waals surface area (Å²) in [6, 6.07) is 10.8. The Bertz CT molecular complexity index is 1110. The second kappa shape index (κ2) is 8.60. The van der Waals surface area contributed by atoms with Crippen molar-refractivity contribution in [2.45, 2.75) is 27.2 Å². The molecule has 3 rings (SSSR count). The van der Waals surface area contributed by atoms with Gasteiger partial charge in [-0.3, -0.25) is 9.59 Å². The molecule has 0 saturated carbocycles. The van der Waals surface area contributed by atoms with Gasteiger partial charge in [0.1, 0.15) is 22.8 Å². The third-order valence-electron chi connectivity index (χ3n) is 4.09. The van der Waals surface area contributed by atoms with E-state index < -0.39 is 5.97 Å². The van der Waals surface area contributed by atoms with Crippen LogP contribution in [0.1, 0.15) is 36.4 Å². The van der Waals surface area contributed by atoms with Gasteiger partial charge >= 0.3 is 11.9 Å². The lowest BCUT2D eigenvalue weighted by atomic mass is 10.2. The Hall–Kier alpha value is -3.61. The number of rotatable bonds is 6. The van der Waals surface area contributed by atoms with E-state index in [0.717, 1.165) is 0 Å². The average molecular weight is 396 g/mol. The van der Waals surface area contributed by atoms with E-state index in [9.17, 15) is 14.4 Å². The summed E-state index contributed by atoms with van der Waals surface area (Å²) in [5.41, 5.74) is 0.320. The maximum atomic E-state index is 12.8. The lowest BCUT2D eigenvalue weighted by Gasteiger charge is -2.10. The number of hydrogen-bond acceptors (Lipinski definition) is 7. The lowest BCUT2D eigenvalue weighted by molar-refractivity contribution is -0.134. The van der Waals surface area contributed by atoms with E-state index >= 15 is 0 Å². The van der Waals surface area contributed by atoms with Gasteiger partial charge in [0.15, 0.2) is 0 Å². The smallest absolute Gasteiger partial charge is 0.338 e. The molecule has 3 aromatic rings. The lowest BCUT2D eigenvalue weighted by Crippen LogP contribution is -2.09. The van der Waals surface area contributed by atoms with E-state index in [1.807, 2.05) is 0 Å². The fourth-order valence-corrected chi connectivity index (χ4v) is 2.64. The first-order valence-electron chi connectivity index (χ1n) is 9.16.